The van der Waals surface area contributed by atoms with Crippen LogP contribution >= 0.6 is 0 Å². The number of hydrogen-bond donors (Lipinski definition) is 1. The molecule has 9 nitrogen and oxygen atoms in total. The highest BCUT2D eigenvalue weighted by molar-refractivity contribution is 5.85. The molecule has 1 amide bonds. The van der Waals surface area contributed by atoms with E-state index in [1.54, 1.807) is 36.4 Å². The first kappa shape index (κ1) is 21.9. The van der Waals surface area contributed by atoms with E-state index >= 15 is 0 Å². The zero-order valence-corrected chi connectivity index (χ0v) is 18.5. The summed E-state index contributed by atoms with van der Waals surface area (Å²) in [6.45, 7) is 1.77. The highest BCUT2D eigenvalue weighted by atomic mass is 16.5. The van der Waals surface area contributed by atoms with Crippen molar-refractivity contribution < 1.29 is 18.7 Å². The van der Waals surface area contributed by atoms with Crippen LogP contribution in [0.25, 0.3) is 16.6 Å². The number of ether oxygens (including phenoxy) is 2. The molecule has 0 spiro atoms. The van der Waals surface area contributed by atoms with Crippen LogP contribution < -0.4 is 26.0 Å². The second-order valence-corrected chi connectivity index (χ2v) is 7.43. The van der Waals surface area contributed by atoms with Crippen LogP contribution in [-0.2, 0) is 17.9 Å². The van der Waals surface area contributed by atoms with Gasteiger partial charge in [-0.1, -0.05) is 17.7 Å². The fourth-order valence-electron chi connectivity index (χ4n) is 3.57. The molecule has 0 saturated carbocycles. The van der Waals surface area contributed by atoms with Crippen molar-refractivity contribution in [1.82, 2.24) is 14.5 Å². The van der Waals surface area contributed by atoms with Crippen molar-refractivity contribution in [3.63, 3.8) is 0 Å². The number of hydrogen-bond acceptors (Lipinski definition) is 6. The number of fused-ring (bicyclic) bond motifs is 1. The number of methoxy groups -OCH3 is 2. The molecule has 2 aromatic heterocycles. The minimum absolute atomic E-state index is 0.174. The van der Waals surface area contributed by atoms with Crippen LogP contribution in [0.15, 0.2) is 68.8 Å². The Balaban J connectivity index is 1.88. The summed E-state index contributed by atoms with van der Waals surface area (Å²) < 4.78 is 18.2. The van der Waals surface area contributed by atoms with Crippen LogP contribution in [0.3, 0.4) is 0 Å². The number of amides is 1. The third-order valence-corrected chi connectivity index (χ3v) is 5.28. The van der Waals surface area contributed by atoms with Gasteiger partial charge in [-0.25, -0.2) is 9.36 Å². The largest absolute Gasteiger partial charge is 0.493 e. The molecule has 0 bridgehead atoms. The summed E-state index contributed by atoms with van der Waals surface area (Å²) >= 11 is 0. The number of rotatable bonds is 7. The number of aromatic nitrogens is 2. The summed E-state index contributed by atoms with van der Waals surface area (Å²) in [6, 6.07) is 13.5. The van der Waals surface area contributed by atoms with Crippen molar-refractivity contribution in [2.45, 2.75) is 20.0 Å². The molecular formula is C24H23N3O6. The average molecular weight is 449 g/mol. The van der Waals surface area contributed by atoms with Gasteiger partial charge in [0.05, 0.1) is 43.6 Å². The van der Waals surface area contributed by atoms with Gasteiger partial charge in [0.25, 0.3) is 5.56 Å². The van der Waals surface area contributed by atoms with Gasteiger partial charge in [-0.05, 0) is 37.3 Å². The molecule has 0 aliphatic rings. The summed E-state index contributed by atoms with van der Waals surface area (Å²) in [5, 5.41) is 2.94. The Labute approximate surface area is 188 Å². The van der Waals surface area contributed by atoms with E-state index in [9.17, 15) is 14.4 Å². The van der Waals surface area contributed by atoms with Gasteiger partial charge < -0.3 is 19.2 Å². The molecule has 1 N–H and O–H groups in total. The number of carbonyl (C=O) groups is 1. The molecule has 0 fully saturated rings. The van der Waals surface area contributed by atoms with E-state index in [0.717, 1.165) is 10.1 Å². The SMILES string of the molecule is COc1cc2c(=O)n(-c3ccc(C)cc3)c(=O)n(CC(=O)NCc3ccco3)c2cc1OC. The molecule has 0 saturated heterocycles. The number of furan rings is 1. The summed E-state index contributed by atoms with van der Waals surface area (Å²) in [7, 11) is 2.91. The van der Waals surface area contributed by atoms with Crippen molar-refractivity contribution in [2.75, 3.05) is 14.2 Å². The zero-order chi connectivity index (χ0) is 23.5. The molecule has 0 unspecified atom stereocenters. The lowest BCUT2D eigenvalue weighted by Crippen LogP contribution is -2.41. The van der Waals surface area contributed by atoms with Crippen LogP contribution in [0.4, 0.5) is 0 Å². The van der Waals surface area contributed by atoms with Gasteiger partial charge >= 0.3 is 5.69 Å². The molecule has 33 heavy (non-hydrogen) atoms. The van der Waals surface area contributed by atoms with Crippen molar-refractivity contribution in [1.29, 1.82) is 0 Å². The molecule has 0 aliphatic carbocycles. The molecule has 170 valence electrons. The van der Waals surface area contributed by atoms with Crippen LogP contribution in [0.1, 0.15) is 11.3 Å². The van der Waals surface area contributed by atoms with Gasteiger partial charge in [-0.15, -0.1) is 0 Å². The van der Waals surface area contributed by atoms with Gasteiger partial charge in [-0.2, -0.15) is 0 Å². The van der Waals surface area contributed by atoms with Gasteiger partial charge in [0.15, 0.2) is 11.5 Å². The highest BCUT2D eigenvalue weighted by Gasteiger charge is 2.19. The Morgan fingerprint density at radius 3 is 2.36 bits per heavy atom. The van der Waals surface area contributed by atoms with Crippen LogP contribution in [0, 0.1) is 6.92 Å². The molecule has 2 heterocycles. The number of aryl methyl sites for hydroxylation is 1. The second kappa shape index (κ2) is 9.07. The first-order chi connectivity index (χ1) is 15.9. The van der Waals surface area contributed by atoms with E-state index in [1.165, 1.54) is 37.2 Å². The highest BCUT2D eigenvalue weighted by Crippen LogP contribution is 2.30. The van der Waals surface area contributed by atoms with Crippen LogP contribution in [0.5, 0.6) is 11.5 Å². The predicted molar refractivity (Wildman–Crippen MR) is 122 cm³/mol. The number of benzene rings is 2. The van der Waals surface area contributed by atoms with Crippen molar-refractivity contribution >= 4 is 16.8 Å². The Morgan fingerprint density at radius 1 is 1.03 bits per heavy atom. The first-order valence-corrected chi connectivity index (χ1v) is 10.2. The Kier molecular flexibility index (Phi) is 6.03. The maximum atomic E-state index is 13.5. The third-order valence-electron chi connectivity index (χ3n) is 5.28. The molecule has 0 aliphatic heterocycles. The van der Waals surface area contributed by atoms with Crippen molar-refractivity contribution in [2.24, 2.45) is 0 Å². The van der Waals surface area contributed by atoms with Gasteiger partial charge in [0.2, 0.25) is 5.91 Å². The zero-order valence-electron chi connectivity index (χ0n) is 18.5. The summed E-state index contributed by atoms with van der Waals surface area (Å²) in [6.07, 6.45) is 1.51. The monoisotopic (exact) mass is 449 g/mol. The number of nitrogens with one attached hydrogen (secondary N) is 1. The lowest BCUT2D eigenvalue weighted by atomic mass is 10.2. The molecule has 2 aromatic carbocycles. The van der Waals surface area contributed by atoms with E-state index in [0.29, 0.717) is 22.9 Å². The maximum Gasteiger partial charge on any atom is 0.336 e. The molecule has 0 atom stereocenters. The fraction of sp³-hybridized carbons (Fsp3) is 0.208. The van der Waals surface area contributed by atoms with E-state index in [1.807, 2.05) is 6.92 Å². The smallest absolute Gasteiger partial charge is 0.336 e. The minimum Gasteiger partial charge on any atom is -0.493 e. The molecule has 4 rings (SSSR count). The lowest BCUT2D eigenvalue weighted by Gasteiger charge is -2.16. The van der Waals surface area contributed by atoms with E-state index in [2.05, 4.69) is 5.32 Å². The second-order valence-electron chi connectivity index (χ2n) is 7.43. The minimum atomic E-state index is -0.642. The predicted octanol–water partition coefficient (Wildman–Crippen LogP) is 2.39. The van der Waals surface area contributed by atoms with Gasteiger partial charge in [0, 0.05) is 6.07 Å². The Hall–Kier alpha value is -4.27. The van der Waals surface area contributed by atoms with Gasteiger partial charge in [0.1, 0.15) is 12.3 Å². The van der Waals surface area contributed by atoms with Crippen LogP contribution in [0.2, 0.25) is 0 Å². The number of carbonyl (C=O) groups excluding carboxylic acids is 1. The normalized spacial score (nSPS) is 10.9. The van der Waals surface area contributed by atoms with E-state index in [4.69, 9.17) is 13.9 Å². The lowest BCUT2D eigenvalue weighted by molar-refractivity contribution is -0.121. The summed E-state index contributed by atoms with van der Waals surface area (Å²) in [4.78, 5) is 39.5. The first-order valence-electron chi connectivity index (χ1n) is 10.2. The quantitative estimate of drug-likeness (QED) is 0.465. The Morgan fingerprint density at radius 2 is 1.73 bits per heavy atom. The molecular weight excluding hydrogens is 426 g/mol. The van der Waals surface area contributed by atoms with Crippen LogP contribution in [-0.4, -0.2) is 29.3 Å². The van der Waals surface area contributed by atoms with E-state index in [-0.39, 0.29) is 24.0 Å². The standard InChI is InChI=1S/C24H23N3O6/c1-15-6-8-16(9-7-15)27-23(29)18-11-20(31-2)21(32-3)12-19(18)26(24(27)30)14-22(28)25-13-17-5-4-10-33-17/h4-12H,13-14H2,1-3H3,(H,25,28). The molecule has 9 heteroatoms. The number of nitrogens with zero attached hydrogens (tertiary/aromatic N) is 2. The maximum absolute atomic E-state index is 13.5. The van der Waals surface area contributed by atoms with Gasteiger partial charge in [-0.3, -0.25) is 14.2 Å². The molecule has 0 radical (unpaired) electrons. The Bertz CT molecular complexity index is 1420. The average Bonchev–Trinajstić information content (AvgIpc) is 3.34. The van der Waals surface area contributed by atoms with Crippen molar-refractivity contribution in [3.05, 3.63) is 87.0 Å². The topological polar surface area (TPSA) is 105 Å². The third kappa shape index (κ3) is 4.25. The summed E-state index contributed by atoms with van der Waals surface area (Å²) in [5.41, 5.74) is 0.483. The summed E-state index contributed by atoms with van der Waals surface area (Å²) in [5.74, 6) is 0.835. The molecule has 4 aromatic rings. The fourth-order valence-corrected chi connectivity index (χ4v) is 3.57. The van der Waals surface area contributed by atoms with E-state index < -0.39 is 17.2 Å². The van der Waals surface area contributed by atoms with Crippen molar-refractivity contribution in [3.8, 4) is 17.2 Å².